The zero-order valence-electron chi connectivity index (χ0n) is 17.1. The second-order valence-corrected chi connectivity index (χ2v) is 7.12. The molecule has 0 saturated heterocycles. The quantitative estimate of drug-likeness (QED) is 0.515. The van der Waals surface area contributed by atoms with Gasteiger partial charge in [-0.2, -0.15) is 0 Å². The van der Waals surface area contributed by atoms with Crippen molar-refractivity contribution in [1.29, 1.82) is 0 Å². The number of carbonyl (C=O) groups is 2. The van der Waals surface area contributed by atoms with Gasteiger partial charge >= 0.3 is 0 Å². The highest BCUT2D eigenvalue weighted by molar-refractivity contribution is 6.10. The molecule has 2 amide bonds. The summed E-state index contributed by atoms with van der Waals surface area (Å²) >= 11 is 0. The molecule has 0 saturated carbocycles. The highest BCUT2D eigenvalue weighted by Gasteiger charge is 2.17. The highest BCUT2D eigenvalue weighted by Crippen LogP contribution is 2.19. The van der Waals surface area contributed by atoms with Gasteiger partial charge in [0.15, 0.2) is 0 Å². The van der Waals surface area contributed by atoms with E-state index < -0.39 is 17.8 Å². The number of hydrogen-bond donors (Lipinski definition) is 3. The molecule has 0 fully saturated rings. The monoisotopic (exact) mass is 421 g/mol. The summed E-state index contributed by atoms with van der Waals surface area (Å²) in [6.45, 7) is 1.94. The third-order valence-corrected chi connectivity index (χ3v) is 4.49. The van der Waals surface area contributed by atoms with Crippen LogP contribution in [0, 0.1) is 5.82 Å². The second-order valence-electron chi connectivity index (χ2n) is 7.12. The van der Waals surface area contributed by atoms with Crippen LogP contribution in [-0.2, 0) is 4.79 Å². The minimum Gasteiger partial charge on any atom is -0.392 e. The van der Waals surface area contributed by atoms with Crippen LogP contribution < -0.4 is 15.5 Å². The Balaban J connectivity index is 1.72. The van der Waals surface area contributed by atoms with Crippen molar-refractivity contribution in [3.63, 3.8) is 0 Å². The van der Waals surface area contributed by atoms with Crippen LogP contribution >= 0.6 is 0 Å². The second kappa shape index (κ2) is 10.4. The SMILES string of the molecule is CC(O)CN(CC(=O)Nc1ccccc1C(=O)Nc1ccc(F)cc1)c1ccccc1. The Labute approximate surface area is 180 Å². The van der Waals surface area contributed by atoms with Gasteiger partial charge in [-0.1, -0.05) is 30.3 Å². The van der Waals surface area contributed by atoms with Gasteiger partial charge in [-0.3, -0.25) is 9.59 Å². The van der Waals surface area contributed by atoms with Gasteiger partial charge in [0, 0.05) is 17.9 Å². The van der Waals surface area contributed by atoms with Crippen LogP contribution in [0.4, 0.5) is 21.5 Å². The Kier molecular flexibility index (Phi) is 7.35. The molecular weight excluding hydrogens is 397 g/mol. The van der Waals surface area contributed by atoms with Gasteiger partial charge in [0.05, 0.1) is 23.9 Å². The summed E-state index contributed by atoms with van der Waals surface area (Å²) < 4.78 is 13.1. The largest absolute Gasteiger partial charge is 0.392 e. The standard InChI is InChI=1S/C24H24FN3O3/c1-17(29)15-28(20-7-3-2-4-8-20)16-23(30)27-22-10-6-5-9-21(22)24(31)26-19-13-11-18(25)12-14-19/h2-14,17,29H,15-16H2,1H3,(H,26,31)(H,27,30). The number of anilines is 3. The lowest BCUT2D eigenvalue weighted by Gasteiger charge is -2.25. The molecule has 3 aromatic rings. The average molecular weight is 421 g/mol. The number of carbonyl (C=O) groups excluding carboxylic acids is 2. The molecular formula is C24H24FN3O3. The molecule has 0 aliphatic carbocycles. The van der Waals surface area contributed by atoms with Crippen molar-refractivity contribution in [2.24, 2.45) is 0 Å². The number of nitrogens with one attached hydrogen (secondary N) is 2. The normalized spacial score (nSPS) is 11.5. The van der Waals surface area contributed by atoms with E-state index in [1.54, 1.807) is 36.1 Å². The number of nitrogens with zero attached hydrogens (tertiary/aromatic N) is 1. The lowest BCUT2D eigenvalue weighted by molar-refractivity contribution is -0.115. The van der Waals surface area contributed by atoms with Crippen LogP contribution in [0.3, 0.4) is 0 Å². The molecule has 0 aliphatic heterocycles. The van der Waals surface area contributed by atoms with E-state index in [-0.39, 0.29) is 24.6 Å². The predicted octanol–water partition coefficient (Wildman–Crippen LogP) is 3.90. The number of aliphatic hydroxyl groups is 1. The van der Waals surface area contributed by atoms with Gasteiger partial charge in [-0.15, -0.1) is 0 Å². The summed E-state index contributed by atoms with van der Waals surface area (Å²) in [7, 11) is 0. The molecule has 31 heavy (non-hydrogen) atoms. The summed E-state index contributed by atoms with van der Waals surface area (Å²) in [5, 5.41) is 15.3. The van der Waals surface area contributed by atoms with Crippen molar-refractivity contribution in [3.05, 3.63) is 90.2 Å². The van der Waals surface area contributed by atoms with Crippen LogP contribution in [0.25, 0.3) is 0 Å². The molecule has 3 N–H and O–H groups in total. The van der Waals surface area contributed by atoms with E-state index in [1.165, 1.54) is 24.3 Å². The fraction of sp³-hybridized carbons (Fsp3) is 0.167. The van der Waals surface area contributed by atoms with Gasteiger partial charge < -0.3 is 20.6 Å². The molecule has 0 bridgehead atoms. The van der Waals surface area contributed by atoms with Crippen LogP contribution in [0.5, 0.6) is 0 Å². The van der Waals surface area contributed by atoms with Crippen LogP contribution in [0.2, 0.25) is 0 Å². The molecule has 0 aliphatic rings. The molecule has 0 heterocycles. The fourth-order valence-corrected chi connectivity index (χ4v) is 3.10. The summed E-state index contributed by atoms with van der Waals surface area (Å²) in [5.41, 5.74) is 1.89. The molecule has 160 valence electrons. The Hall–Kier alpha value is -3.71. The first-order valence-corrected chi connectivity index (χ1v) is 9.86. The van der Waals surface area contributed by atoms with Gasteiger partial charge in [-0.05, 0) is 55.5 Å². The molecule has 0 spiro atoms. The molecule has 7 heteroatoms. The topological polar surface area (TPSA) is 81.7 Å². The Morgan fingerprint density at radius 3 is 2.26 bits per heavy atom. The summed E-state index contributed by atoms with van der Waals surface area (Å²) in [5.74, 6) is -1.15. The van der Waals surface area contributed by atoms with Crippen molar-refractivity contribution in [2.45, 2.75) is 13.0 Å². The average Bonchev–Trinajstić information content (AvgIpc) is 2.75. The van der Waals surface area contributed by atoms with E-state index >= 15 is 0 Å². The fourth-order valence-electron chi connectivity index (χ4n) is 3.10. The molecule has 3 rings (SSSR count). The van der Waals surface area contributed by atoms with Gasteiger partial charge in [0.25, 0.3) is 5.91 Å². The van der Waals surface area contributed by atoms with Gasteiger partial charge in [0.2, 0.25) is 5.91 Å². The number of benzene rings is 3. The molecule has 0 aromatic heterocycles. The first kappa shape index (κ1) is 22.0. The smallest absolute Gasteiger partial charge is 0.257 e. The van der Waals surface area contributed by atoms with Gasteiger partial charge in [-0.25, -0.2) is 4.39 Å². The summed E-state index contributed by atoms with van der Waals surface area (Å²) in [6.07, 6.45) is -0.623. The van der Waals surface area contributed by atoms with E-state index in [0.29, 0.717) is 11.4 Å². The van der Waals surface area contributed by atoms with E-state index in [2.05, 4.69) is 10.6 Å². The maximum Gasteiger partial charge on any atom is 0.257 e. The zero-order chi connectivity index (χ0) is 22.2. The van der Waals surface area contributed by atoms with Crippen molar-refractivity contribution in [3.8, 4) is 0 Å². The third-order valence-electron chi connectivity index (χ3n) is 4.49. The van der Waals surface area contributed by atoms with Crippen molar-refractivity contribution in [2.75, 3.05) is 28.6 Å². The summed E-state index contributed by atoms with van der Waals surface area (Å²) in [6, 6.07) is 21.4. The lowest BCUT2D eigenvalue weighted by Crippen LogP contribution is -2.38. The molecule has 6 nitrogen and oxygen atoms in total. The highest BCUT2D eigenvalue weighted by atomic mass is 19.1. The molecule has 0 radical (unpaired) electrons. The lowest BCUT2D eigenvalue weighted by atomic mass is 10.1. The first-order chi connectivity index (χ1) is 14.9. The van der Waals surface area contributed by atoms with E-state index in [0.717, 1.165) is 5.69 Å². The van der Waals surface area contributed by atoms with Gasteiger partial charge in [0.1, 0.15) is 5.82 Å². The Morgan fingerprint density at radius 2 is 1.58 bits per heavy atom. The number of aliphatic hydroxyl groups excluding tert-OH is 1. The van der Waals surface area contributed by atoms with Crippen LogP contribution in [0.1, 0.15) is 17.3 Å². The van der Waals surface area contributed by atoms with Crippen LogP contribution in [0.15, 0.2) is 78.9 Å². The minimum absolute atomic E-state index is 0.00281. The predicted molar refractivity (Wildman–Crippen MR) is 120 cm³/mol. The molecule has 1 unspecified atom stereocenters. The Morgan fingerprint density at radius 1 is 0.935 bits per heavy atom. The number of hydrogen-bond acceptors (Lipinski definition) is 4. The Bertz CT molecular complexity index is 1020. The van der Waals surface area contributed by atoms with Crippen LogP contribution in [-0.4, -0.2) is 36.1 Å². The first-order valence-electron chi connectivity index (χ1n) is 9.86. The number of para-hydroxylation sites is 2. The maximum absolute atomic E-state index is 13.1. The van der Waals surface area contributed by atoms with E-state index in [1.807, 2.05) is 30.3 Å². The van der Waals surface area contributed by atoms with Crippen molar-refractivity contribution >= 4 is 28.9 Å². The van der Waals surface area contributed by atoms with Crippen molar-refractivity contribution in [1.82, 2.24) is 0 Å². The number of amides is 2. The van der Waals surface area contributed by atoms with Crippen molar-refractivity contribution < 1.29 is 19.1 Å². The number of rotatable bonds is 8. The van der Waals surface area contributed by atoms with E-state index in [9.17, 15) is 19.1 Å². The zero-order valence-corrected chi connectivity index (χ0v) is 17.1. The van der Waals surface area contributed by atoms with E-state index in [4.69, 9.17) is 0 Å². The maximum atomic E-state index is 13.1. The third kappa shape index (κ3) is 6.38. The summed E-state index contributed by atoms with van der Waals surface area (Å²) in [4.78, 5) is 27.2. The number of halogens is 1. The molecule has 3 aromatic carbocycles. The minimum atomic E-state index is -0.623. The molecule has 1 atom stereocenters.